The lowest BCUT2D eigenvalue weighted by molar-refractivity contribution is -0.133. The highest BCUT2D eigenvalue weighted by atomic mass is 32.2. The highest BCUT2D eigenvalue weighted by Gasteiger charge is 2.52. The molecule has 0 saturated carbocycles. The van der Waals surface area contributed by atoms with Crippen molar-refractivity contribution < 1.29 is 14.7 Å². The third kappa shape index (κ3) is 2.25. The van der Waals surface area contributed by atoms with Gasteiger partial charge in [0, 0.05) is 17.7 Å². The van der Waals surface area contributed by atoms with Gasteiger partial charge in [-0.3, -0.25) is 9.69 Å². The minimum atomic E-state index is -1.09. The smallest absolute Gasteiger partial charge is 0.408 e. The van der Waals surface area contributed by atoms with Crippen molar-refractivity contribution in [1.82, 2.24) is 9.80 Å². The van der Waals surface area contributed by atoms with Crippen LogP contribution in [0.4, 0.5) is 4.79 Å². The van der Waals surface area contributed by atoms with E-state index in [9.17, 15) is 14.7 Å². The topological polar surface area (TPSA) is 84.6 Å². The highest BCUT2D eigenvalue weighted by Crippen LogP contribution is 2.40. The van der Waals surface area contributed by atoms with Gasteiger partial charge in [0.05, 0.1) is 11.4 Å². The van der Waals surface area contributed by atoms with Crippen molar-refractivity contribution >= 4 is 23.8 Å². The number of nitriles is 1. The van der Waals surface area contributed by atoms with Crippen LogP contribution in [0, 0.1) is 11.3 Å². The van der Waals surface area contributed by atoms with Crippen LogP contribution in [0.3, 0.4) is 0 Å². The Morgan fingerprint density at radius 2 is 2.21 bits per heavy atom. The van der Waals surface area contributed by atoms with Crippen LogP contribution < -0.4 is 0 Å². The number of carbonyl (C=O) groups is 2. The zero-order valence-electron chi connectivity index (χ0n) is 11.2. The fraction of sp³-hybridized carbons (Fsp3) is 0.750. The molecule has 0 aromatic rings. The van der Waals surface area contributed by atoms with Gasteiger partial charge in [0.15, 0.2) is 0 Å². The van der Waals surface area contributed by atoms with E-state index in [0.29, 0.717) is 12.2 Å². The van der Waals surface area contributed by atoms with Crippen LogP contribution in [0.25, 0.3) is 0 Å². The van der Waals surface area contributed by atoms with Gasteiger partial charge < -0.3 is 10.0 Å². The Kier molecular flexibility index (Phi) is 3.39. The van der Waals surface area contributed by atoms with E-state index < -0.39 is 23.7 Å². The summed E-state index contributed by atoms with van der Waals surface area (Å²) >= 11 is 1.56. The van der Waals surface area contributed by atoms with E-state index >= 15 is 0 Å². The highest BCUT2D eigenvalue weighted by molar-refractivity contribution is 8.00. The molecule has 2 amide bonds. The van der Waals surface area contributed by atoms with Crippen LogP contribution >= 0.6 is 11.8 Å². The van der Waals surface area contributed by atoms with Gasteiger partial charge in [-0.2, -0.15) is 5.26 Å². The molecule has 0 aromatic heterocycles. The summed E-state index contributed by atoms with van der Waals surface area (Å²) in [7, 11) is 0. The molecule has 0 radical (unpaired) electrons. The number of amides is 2. The zero-order chi connectivity index (χ0) is 14.4. The van der Waals surface area contributed by atoms with Crippen molar-refractivity contribution in [3.8, 4) is 6.07 Å². The summed E-state index contributed by atoms with van der Waals surface area (Å²) in [5.74, 6) is 0.376. The number of hydrogen-bond donors (Lipinski definition) is 1. The number of fused-ring (bicyclic) bond motifs is 1. The third-order valence-electron chi connectivity index (χ3n) is 3.45. The molecule has 6 nitrogen and oxygen atoms in total. The van der Waals surface area contributed by atoms with Crippen LogP contribution in [-0.4, -0.2) is 55.7 Å². The van der Waals surface area contributed by atoms with E-state index in [4.69, 9.17) is 5.26 Å². The fourth-order valence-corrected chi connectivity index (χ4v) is 4.08. The monoisotopic (exact) mass is 283 g/mol. The van der Waals surface area contributed by atoms with E-state index in [2.05, 4.69) is 6.07 Å². The number of hydrogen-bond acceptors (Lipinski definition) is 4. The number of thioether (sulfide) groups is 1. The van der Waals surface area contributed by atoms with Gasteiger partial charge in [-0.05, 0) is 20.8 Å². The molecule has 0 spiro atoms. The number of rotatable bonds is 1. The Morgan fingerprint density at radius 1 is 1.58 bits per heavy atom. The maximum absolute atomic E-state index is 12.4. The van der Waals surface area contributed by atoms with Crippen molar-refractivity contribution in [2.24, 2.45) is 0 Å². The van der Waals surface area contributed by atoms with Gasteiger partial charge in [0.2, 0.25) is 5.91 Å². The molecule has 7 heteroatoms. The lowest BCUT2D eigenvalue weighted by atomic mass is 10.0. The van der Waals surface area contributed by atoms with E-state index in [0.717, 1.165) is 0 Å². The van der Waals surface area contributed by atoms with Gasteiger partial charge in [0.25, 0.3) is 0 Å². The van der Waals surface area contributed by atoms with E-state index in [1.807, 2.05) is 0 Å². The van der Waals surface area contributed by atoms with Crippen molar-refractivity contribution in [1.29, 1.82) is 5.26 Å². The van der Waals surface area contributed by atoms with Crippen LogP contribution in [-0.2, 0) is 4.79 Å². The molecule has 104 valence electrons. The molecule has 2 saturated heterocycles. The maximum atomic E-state index is 12.4. The van der Waals surface area contributed by atoms with Crippen molar-refractivity contribution in [3.05, 3.63) is 0 Å². The second-order valence-electron chi connectivity index (χ2n) is 5.75. The van der Waals surface area contributed by atoms with Crippen molar-refractivity contribution in [2.45, 2.75) is 50.2 Å². The average molecular weight is 283 g/mol. The minimum Gasteiger partial charge on any atom is -0.465 e. The van der Waals surface area contributed by atoms with Crippen LogP contribution in [0.2, 0.25) is 0 Å². The van der Waals surface area contributed by atoms with Gasteiger partial charge in [-0.25, -0.2) is 4.79 Å². The average Bonchev–Trinajstić information content (AvgIpc) is 2.79. The Bertz CT molecular complexity index is 454. The second kappa shape index (κ2) is 4.60. The van der Waals surface area contributed by atoms with E-state index in [-0.39, 0.29) is 11.3 Å². The Morgan fingerprint density at radius 3 is 2.68 bits per heavy atom. The quantitative estimate of drug-likeness (QED) is 0.784. The summed E-state index contributed by atoms with van der Waals surface area (Å²) < 4.78 is 0. The third-order valence-corrected chi connectivity index (χ3v) is 4.76. The SMILES string of the molecule is CC(C)(C)N(C(=O)O)C1CC2SCC(C#N)N2C1=O. The van der Waals surface area contributed by atoms with Crippen LogP contribution in [0.5, 0.6) is 0 Å². The van der Waals surface area contributed by atoms with E-state index in [1.54, 1.807) is 37.4 Å². The normalized spacial score (nSPS) is 30.1. The molecule has 1 N–H and O–H groups in total. The first-order valence-corrected chi connectivity index (χ1v) is 7.18. The molecular formula is C12H17N3O3S. The Labute approximate surface area is 116 Å². The molecule has 3 atom stereocenters. The Hall–Kier alpha value is -1.42. The van der Waals surface area contributed by atoms with Gasteiger partial charge >= 0.3 is 6.09 Å². The predicted molar refractivity (Wildman–Crippen MR) is 70.5 cm³/mol. The summed E-state index contributed by atoms with van der Waals surface area (Å²) in [6.07, 6.45) is -0.629. The molecule has 2 rings (SSSR count). The molecular weight excluding hydrogens is 266 g/mol. The van der Waals surface area contributed by atoms with Crippen LogP contribution in [0.15, 0.2) is 0 Å². The minimum absolute atomic E-state index is 0.0636. The Balaban J connectivity index is 2.27. The second-order valence-corrected chi connectivity index (χ2v) is 6.96. The van der Waals surface area contributed by atoms with Gasteiger partial charge in [0.1, 0.15) is 12.1 Å². The molecule has 0 aromatic carbocycles. The molecule has 2 aliphatic rings. The molecule has 0 aliphatic carbocycles. The summed E-state index contributed by atoms with van der Waals surface area (Å²) in [6.45, 7) is 5.31. The number of carbonyl (C=O) groups excluding carboxylic acids is 1. The summed E-state index contributed by atoms with van der Waals surface area (Å²) in [4.78, 5) is 26.6. The predicted octanol–water partition coefficient (Wildman–Crippen LogP) is 1.33. The molecule has 2 aliphatic heterocycles. The molecule has 2 heterocycles. The zero-order valence-corrected chi connectivity index (χ0v) is 12.0. The lowest BCUT2D eigenvalue weighted by Gasteiger charge is -2.37. The standard InChI is InChI=1S/C12H17N3O3S/c1-12(2,3)15(11(17)18)8-4-9-14(10(8)16)7(5-13)6-19-9/h7-9H,4,6H2,1-3H3,(H,17,18). The van der Waals surface area contributed by atoms with Crippen molar-refractivity contribution in [3.63, 3.8) is 0 Å². The summed E-state index contributed by atoms with van der Waals surface area (Å²) in [6, 6.07) is 1.01. The number of nitrogens with zero attached hydrogens (tertiary/aromatic N) is 3. The van der Waals surface area contributed by atoms with Crippen LogP contribution in [0.1, 0.15) is 27.2 Å². The van der Waals surface area contributed by atoms with Gasteiger partial charge in [-0.1, -0.05) is 0 Å². The largest absolute Gasteiger partial charge is 0.465 e. The fourth-order valence-electron chi connectivity index (χ4n) is 2.71. The summed E-state index contributed by atoms with van der Waals surface area (Å²) in [5.41, 5.74) is -0.640. The molecule has 3 unspecified atom stereocenters. The first-order valence-electron chi connectivity index (χ1n) is 6.13. The number of carboxylic acid groups (broad SMARTS) is 1. The summed E-state index contributed by atoms with van der Waals surface area (Å²) in [5, 5.41) is 18.3. The van der Waals surface area contributed by atoms with Gasteiger partial charge in [-0.15, -0.1) is 11.8 Å². The lowest BCUT2D eigenvalue weighted by Crippen LogP contribution is -2.54. The first-order chi connectivity index (χ1) is 8.77. The van der Waals surface area contributed by atoms with E-state index in [1.165, 1.54) is 4.90 Å². The molecule has 2 fully saturated rings. The first kappa shape index (κ1) is 14.0. The van der Waals surface area contributed by atoms with Crippen molar-refractivity contribution in [2.75, 3.05) is 5.75 Å². The molecule has 19 heavy (non-hydrogen) atoms. The molecule has 0 bridgehead atoms. The maximum Gasteiger partial charge on any atom is 0.408 e.